The second-order valence-corrected chi connectivity index (χ2v) is 4.09. The molecule has 0 bridgehead atoms. The molecule has 0 aliphatic heterocycles. The quantitative estimate of drug-likeness (QED) is 0.506. The minimum Gasteiger partial charge on any atom is -0.393 e. The van der Waals surface area contributed by atoms with Gasteiger partial charge >= 0.3 is 0 Å². The summed E-state index contributed by atoms with van der Waals surface area (Å²) in [6, 6.07) is 4.33. The first-order valence-electron chi connectivity index (χ1n) is 6.02. The minimum absolute atomic E-state index is 0.0844. The Bertz CT molecular complexity index is 626. The van der Waals surface area contributed by atoms with E-state index in [9.17, 15) is 10.1 Å². The molecule has 0 aliphatic rings. The van der Waals surface area contributed by atoms with Crippen LogP contribution < -0.4 is 5.73 Å². The van der Waals surface area contributed by atoms with Gasteiger partial charge in [0, 0.05) is 18.2 Å². The zero-order valence-corrected chi connectivity index (χ0v) is 11.1. The van der Waals surface area contributed by atoms with E-state index in [0.717, 1.165) is 0 Å². The number of hydrogen-bond donors (Lipinski definition) is 1. The van der Waals surface area contributed by atoms with E-state index < -0.39 is 4.92 Å². The van der Waals surface area contributed by atoms with Crippen molar-refractivity contribution >= 4 is 11.4 Å². The van der Waals surface area contributed by atoms with Crippen molar-refractivity contribution in [1.29, 1.82) is 0 Å². The molecule has 1 unspecified atom stereocenters. The van der Waals surface area contributed by atoms with Gasteiger partial charge in [-0.3, -0.25) is 10.1 Å². The van der Waals surface area contributed by atoms with Gasteiger partial charge in [0.2, 0.25) is 5.82 Å². The summed E-state index contributed by atoms with van der Waals surface area (Å²) in [5.74, 6) is 0.580. The minimum atomic E-state index is -0.557. The maximum atomic E-state index is 10.8. The molecular weight excluding hydrogens is 264 g/mol. The van der Waals surface area contributed by atoms with Gasteiger partial charge in [0.05, 0.1) is 4.92 Å². The summed E-state index contributed by atoms with van der Waals surface area (Å²) in [4.78, 5) is 14.4. The second kappa shape index (κ2) is 5.66. The molecule has 1 aromatic heterocycles. The predicted molar refractivity (Wildman–Crippen MR) is 70.8 cm³/mol. The molecule has 0 saturated carbocycles. The lowest BCUT2D eigenvalue weighted by Gasteiger charge is -2.04. The van der Waals surface area contributed by atoms with Crippen molar-refractivity contribution < 1.29 is 14.2 Å². The Kier molecular flexibility index (Phi) is 3.94. The molecule has 2 rings (SSSR count). The molecule has 1 heterocycles. The molecule has 0 aliphatic carbocycles. The monoisotopic (exact) mass is 278 g/mol. The third kappa shape index (κ3) is 2.75. The highest BCUT2D eigenvalue weighted by Gasteiger charge is 2.18. The molecule has 8 nitrogen and oxygen atoms in total. The zero-order valence-electron chi connectivity index (χ0n) is 11.1. The van der Waals surface area contributed by atoms with Crippen molar-refractivity contribution in [1.82, 2.24) is 10.1 Å². The molecule has 0 fully saturated rings. The van der Waals surface area contributed by atoms with Gasteiger partial charge < -0.3 is 15.0 Å². The number of hydrogen-bond acceptors (Lipinski definition) is 7. The van der Waals surface area contributed by atoms with Gasteiger partial charge in [-0.05, 0) is 26.0 Å². The maximum absolute atomic E-state index is 10.8. The molecule has 20 heavy (non-hydrogen) atoms. The molecule has 0 spiro atoms. The largest absolute Gasteiger partial charge is 0.393 e. The van der Waals surface area contributed by atoms with Crippen molar-refractivity contribution in [2.75, 3.05) is 12.3 Å². The highest BCUT2D eigenvalue weighted by atomic mass is 16.6. The lowest BCUT2D eigenvalue weighted by atomic mass is 10.2. The van der Waals surface area contributed by atoms with Crippen LogP contribution in [0.3, 0.4) is 0 Å². The van der Waals surface area contributed by atoms with Gasteiger partial charge in [-0.15, -0.1) is 0 Å². The summed E-state index contributed by atoms with van der Waals surface area (Å²) in [6.07, 6.45) is -0.304. The van der Waals surface area contributed by atoms with Crippen LogP contribution in [0.2, 0.25) is 0 Å². The number of ether oxygens (including phenoxy) is 1. The molecular formula is C12H14N4O4. The van der Waals surface area contributed by atoms with E-state index in [1.165, 1.54) is 12.1 Å². The number of aromatic nitrogens is 2. The summed E-state index contributed by atoms with van der Waals surface area (Å²) in [7, 11) is 0. The Morgan fingerprint density at radius 3 is 2.95 bits per heavy atom. The van der Waals surface area contributed by atoms with Crippen LogP contribution in [-0.2, 0) is 4.74 Å². The number of rotatable bonds is 5. The normalized spacial score (nSPS) is 12.3. The molecule has 2 aromatic rings. The molecule has 1 atom stereocenters. The predicted octanol–water partition coefficient (Wildman–Crippen LogP) is 2.32. The first kappa shape index (κ1) is 13.9. The first-order valence-corrected chi connectivity index (χ1v) is 6.02. The summed E-state index contributed by atoms with van der Waals surface area (Å²) in [6.45, 7) is 4.18. The van der Waals surface area contributed by atoms with Crippen molar-refractivity contribution in [3.05, 3.63) is 34.1 Å². The fourth-order valence-corrected chi connectivity index (χ4v) is 1.68. The van der Waals surface area contributed by atoms with Gasteiger partial charge in [-0.2, -0.15) is 4.98 Å². The topological polar surface area (TPSA) is 117 Å². The smallest absolute Gasteiger partial charge is 0.292 e. The molecule has 1 aromatic carbocycles. The average molecular weight is 278 g/mol. The third-order valence-electron chi connectivity index (χ3n) is 2.70. The van der Waals surface area contributed by atoms with Crippen LogP contribution in [-0.4, -0.2) is 21.7 Å². The molecule has 0 radical (unpaired) electrons. The van der Waals surface area contributed by atoms with Crippen LogP contribution >= 0.6 is 0 Å². The fourth-order valence-electron chi connectivity index (χ4n) is 1.68. The number of nitro benzene ring substituents is 1. The Morgan fingerprint density at radius 2 is 2.30 bits per heavy atom. The lowest BCUT2D eigenvalue weighted by Crippen LogP contribution is -2.01. The molecule has 106 valence electrons. The van der Waals surface area contributed by atoms with E-state index in [4.69, 9.17) is 15.0 Å². The molecule has 2 N–H and O–H groups in total. The maximum Gasteiger partial charge on any atom is 0.292 e. The number of nitrogen functional groups attached to an aromatic ring is 1. The van der Waals surface area contributed by atoms with Crippen LogP contribution in [0.25, 0.3) is 11.5 Å². The second-order valence-electron chi connectivity index (χ2n) is 4.09. The van der Waals surface area contributed by atoms with Crippen molar-refractivity contribution in [3.8, 4) is 11.5 Å². The highest BCUT2D eigenvalue weighted by Crippen LogP contribution is 2.28. The lowest BCUT2D eigenvalue weighted by molar-refractivity contribution is -0.383. The van der Waals surface area contributed by atoms with E-state index in [2.05, 4.69) is 10.1 Å². The summed E-state index contributed by atoms with van der Waals surface area (Å²) in [5.41, 5.74) is 5.86. The van der Waals surface area contributed by atoms with Gasteiger partial charge in [-0.25, -0.2) is 0 Å². The van der Waals surface area contributed by atoms with Crippen LogP contribution in [0, 0.1) is 10.1 Å². The molecule has 0 amide bonds. The number of benzene rings is 1. The van der Waals surface area contributed by atoms with Gasteiger partial charge in [0.25, 0.3) is 11.6 Å². The van der Waals surface area contributed by atoms with E-state index in [1.807, 2.05) is 6.92 Å². The highest BCUT2D eigenvalue weighted by molar-refractivity contribution is 5.67. The Balaban J connectivity index is 2.33. The Morgan fingerprint density at radius 1 is 1.55 bits per heavy atom. The van der Waals surface area contributed by atoms with E-state index >= 15 is 0 Å². The molecule has 8 heteroatoms. The van der Waals surface area contributed by atoms with Gasteiger partial charge in [-0.1, -0.05) is 5.16 Å². The van der Waals surface area contributed by atoms with Crippen LogP contribution in [0.15, 0.2) is 22.7 Å². The third-order valence-corrected chi connectivity index (χ3v) is 2.70. The van der Waals surface area contributed by atoms with Crippen molar-refractivity contribution in [3.63, 3.8) is 0 Å². The number of anilines is 1. The van der Waals surface area contributed by atoms with E-state index in [1.54, 1.807) is 13.0 Å². The van der Waals surface area contributed by atoms with Crippen LogP contribution in [0.4, 0.5) is 11.4 Å². The molecule has 0 saturated heterocycles. The number of nitrogens with zero attached hydrogens (tertiary/aromatic N) is 3. The van der Waals surface area contributed by atoms with Crippen LogP contribution in [0.1, 0.15) is 25.8 Å². The SMILES string of the molecule is CCOC(C)c1noc(-c2ccc(N)c([N+](=O)[O-])c2)n1. The van der Waals surface area contributed by atoms with E-state index in [-0.39, 0.29) is 23.4 Å². The Labute approximate surface area is 114 Å². The standard InChI is InChI=1S/C12H14N4O4/c1-3-19-7(2)11-14-12(20-15-11)8-4-5-9(13)10(6-8)16(17)18/h4-7H,3,13H2,1-2H3. The first-order chi connectivity index (χ1) is 9.52. The Hall–Kier alpha value is -2.48. The van der Waals surface area contributed by atoms with Gasteiger partial charge in [0.1, 0.15) is 11.8 Å². The van der Waals surface area contributed by atoms with Crippen molar-refractivity contribution in [2.45, 2.75) is 20.0 Å². The zero-order chi connectivity index (χ0) is 14.7. The van der Waals surface area contributed by atoms with Gasteiger partial charge in [0.15, 0.2) is 0 Å². The van der Waals surface area contributed by atoms with E-state index in [0.29, 0.717) is 18.0 Å². The summed E-state index contributed by atoms with van der Waals surface area (Å²) >= 11 is 0. The summed E-state index contributed by atoms with van der Waals surface area (Å²) < 4.78 is 10.4. The average Bonchev–Trinajstić information content (AvgIpc) is 2.89. The fraction of sp³-hybridized carbons (Fsp3) is 0.333. The van der Waals surface area contributed by atoms with Crippen LogP contribution in [0.5, 0.6) is 0 Å². The number of nitro groups is 1. The number of nitrogens with two attached hydrogens (primary N) is 1. The van der Waals surface area contributed by atoms with Crippen molar-refractivity contribution in [2.24, 2.45) is 0 Å². The summed E-state index contributed by atoms with van der Waals surface area (Å²) in [5, 5.41) is 14.6.